The molecule has 0 saturated heterocycles. The van der Waals surface area contributed by atoms with Crippen LogP contribution in [0.2, 0.25) is 0 Å². The third-order valence-electron chi connectivity index (χ3n) is 3.94. The lowest BCUT2D eigenvalue weighted by Gasteiger charge is -2.21. The fourth-order valence-electron chi connectivity index (χ4n) is 2.59. The summed E-state index contributed by atoms with van der Waals surface area (Å²) in [4.78, 5) is 13.3. The summed E-state index contributed by atoms with van der Waals surface area (Å²) in [6.07, 6.45) is 0.552. The van der Waals surface area contributed by atoms with Gasteiger partial charge >= 0.3 is 0 Å². The molecule has 0 aliphatic rings. The van der Waals surface area contributed by atoms with Gasteiger partial charge in [-0.2, -0.15) is 0 Å². The van der Waals surface area contributed by atoms with Gasteiger partial charge in [-0.3, -0.25) is 4.79 Å². The molecular formula is C17H22FN3O4S. The minimum atomic E-state index is -3.76. The van der Waals surface area contributed by atoms with E-state index in [1.807, 2.05) is 0 Å². The van der Waals surface area contributed by atoms with Crippen LogP contribution in [0.4, 0.5) is 4.39 Å². The van der Waals surface area contributed by atoms with Crippen LogP contribution in [0, 0.1) is 19.7 Å². The van der Waals surface area contributed by atoms with Crippen molar-refractivity contribution in [3.05, 3.63) is 47.1 Å². The third kappa shape index (κ3) is 5.12. The minimum Gasteiger partial charge on any atom is -0.360 e. The standard InChI is InChI=1S/C17H22FN3O4S/c1-12-17(13(2)25-20-12)26(23,24)19-9-11-21(14(3)22)10-8-15-4-6-16(18)7-5-15/h4-7,19H,8-11H2,1-3H3. The number of hydrogen-bond acceptors (Lipinski definition) is 5. The van der Waals surface area contributed by atoms with Crippen LogP contribution in [0.5, 0.6) is 0 Å². The summed E-state index contributed by atoms with van der Waals surface area (Å²) in [6.45, 7) is 5.20. The van der Waals surface area contributed by atoms with Gasteiger partial charge < -0.3 is 9.42 Å². The predicted octanol–water partition coefficient (Wildman–Crippen LogP) is 1.80. The number of sulfonamides is 1. The maximum absolute atomic E-state index is 12.9. The molecule has 26 heavy (non-hydrogen) atoms. The van der Waals surface area contributed by atoms with Crippen LogP contribution in [0.3, 0.4) is 0 Å². The van der Waals surface area contributed by atoms with Gasteiger partial charge in [0.2, 0.25) is 15.9 Å². The molecule has 0 aliphatic heterocycles. The Morgan fingerprint density at radius 3 is 2.42 bits per heavy atom. The molecule has 0 atom stereocenters. The second kappa shape index (κ2) is 8.41. The smallest absolute Gasteiger partial charge is 0.246 e. The highest BCUT2D eigenvalue weighted by Gasteiger charge is 2.24. The number of halogens is 1. The number of nitrogens with one attached hydrogen (secondary N) is 1. The highest BCUT2D eigenvalue weighted by atomic mass is 32.2. The van der Waals surface area contributed by atoms with Crippen LogP contribution in [-0.2, 0) is 21.2 Å². The van der Waals surface area contributed by atoms with Crippen molar-refractivity contribution in [3.63, 3.8) is 0 Å². The van der Waals surface area contributed by atoms with Gasteiger partial charge in [0.1, 0.15) is 16.4 Å². The molecule has 0 unspecified atom stereocenters. The fourth-order valence-corrected chi connectivity index (χ4v) is 3.93. The van der Waals surface area contributed by atoms with Crippen LogP contribution < -0.4 is 4.72 Å². The Hall–Kier alpha value is -2.26. The number of amides is 1. The second-order valence-electron chi connectivity index (χ2n) is 5.93. The van der Waals surface area contributed by atoms with E-state index in [1.54, 1.807) is 24.0 Å². The fraction of sp³-hybridized carbons (Fsp3) is 0.412. The normalized spacial score (nSPS) is 11.5. The van der Waals surface area contributed by atoms with E-state index in [0.29, 0.717) is 13.0 Å². The molecule has 0 saturated carbocycles. The number of aromatic nitrogens is 1. The highest BCUT2D eigenvalue weighted by molar-refractivity contribution is 7.89. The van der Waals surface area contributed by atoms with E-state index in [0.717, 1.165) is 5.56 Å². The first-order valence-corrected chi connectivity index (χ1v) is 9.61. The van der Waals surface area contributed by atoms with E-state index < -0.39 is 10.0 Å². The molecule has 0 spiro atoms. The summed E-state index contributed by atoms with van der Waals surface area (Å²) in [5, 5.41) is 3.64. The minimum absolute atomic E-state index is 0.0261. The zero-order chi connectivity index (χ0) is 19.3. The molecule has 1 N–H and O–H groups in total. The van der Waals surface area contributed by atoms with Crippen LogP contribution in [0.15, 0.2) is 33.7 Å². The molecule has 7 nitrogen and oxygen atoms in total. The van der Waals surface area contributed by atoms with Gasteiger partial charge in [-0.15, -0.1) is 0 Å². The summed E-state index contributed by atoms with van der Waals surface area (Å²) in [5.74, 6) is -0.260. The molecule has 2 aromatic rings. The van der Waals surface area contributed by atoms with E-state index in [-0.39, 0.29) is 41.2 Å². The summed E-state index contributed by atoms with van der Waals surface area (Å²) in [6, 6.07) is 6.05. The van der Waals surface area contributed by atoms with Gasteiger partial charge in [0.05, 0.1) is 0 Å². The Kier molecular flexibility index (Phi) is 6.49. The van der Waals surface area contributed by atoms with Crippen molar-refractivity contribution in [1.29, 1.82) is 0 Å². The Morgan fingerprint density at radius 2 is 1.88 bits per heavy atom. The molecule has 0 fully saturated rings. The van der Waals surface area contributed by atoms with Crippen molar-refractivity contribution in [3.8, 4) is 0 Å². The van der Waals surface area contributed by atoms with E-state index in [4.69, 9.17) is 4.52 Å². The SMILES string of the molecule is CC(=O)N(CCNS(=O)(=O)c1c(C)noc1C)CCc1ccc(F)cc1. The van der Waals surface area contributed by atoms with Gasteiger partial charge in [-0.1, -0.05) is 17.3 Å². The Bertz CT molecular complexity index is 843. The van der Waals surface area contributed by atoms with Crippen molar-refractivity contribution in [2.75, 3.05) is 19.6 Å². The van der Waals surface area contributed by atoms with Crippen LogP contribution in [0.1, 0.15) is 23.9 Å². The Labute approximate surface area is 152 Å². The van der Waals surface area contributed by atoms with Crippen LogP contribution >= 0.6 is 0 Å². The average molecular weight is 383 g/mol. The molecule has 0 radical (unpaired) electrons. The summed E-state index contributed by atoms with van der Waals surface area (Å²) in [5.41, 5.74) is 1.18. The van der Waals surface area contributed by atoms with E-state index >= 15 is 0 Å². The monoisotopic (exact) mass is 383 g/mol. The number of carbonyl (C=O) groups is 1. The van der Waals surface area contributed by atoms with Crippen molar-refractivity contribution >= 4 is 15.9 Å². The second-order valence-corrected chi connectivity index (χ2v) is 7.64. The molecular weight excluding hydrogens is 361 g/mol. The molecule has 9 heteroatoms. The van der Waals surface area contributed by atoms with E-state index in [2.05, 4.69) is 9.88 Å². The van der Waals surface area contributed by atoms with Gasteiger partial charge in [-0.05, 0) is 38.0 Å². The number of nitrogens with zero attached hydrogens (tertiary/aromatic N) is 2. The lowest BCUT2D eigenvalue weighted by Crippen LogP contribution is -2.38. The maximum atomic E-state index is 12.9. The lowest BCUT2D eigenvalue weighted by atomic mass is 10.1. The zero-order valence-corrected chi connectivity index (χ0v) is 15.8. The van der Waals surface area contributed by atoms with E-state index in [9.17, 15) is 17.6 Å². The topological polar surface area (TPSA) is 92.5 Å². The van der Waals surface area contributed by atoms with Gasteiger partial charge in [0, 0.05) is 26.6 Å². The summed E-state index contributed by atoms with van der Waals surface area (Å²) in [7, 11) is -3.76. The van der Waals surface area contributed by atoms with Gasteiger partial charge in [0.15, 0.2) is 5.76 Å². The first-order chi connectivity index (χ1) is 12.2. The first kappa shape index (κ1) is 20.1. The van der Waals surface area contributed by atoms with Crippen molar-refractivity contribution in [2.45, 2.75) is 32.1 Å². The number of aryl methyl sites for hydroxylation is 2. The molecule has 0 bridgehead atoms. The van der Waals surface area contributed by atoms with Crippen molar-refractivity contribution < 1.29 is 22.1 Å². The summed E-state index contributed by atoms with van der Waals surface area (Å²) < 4.78 is 45.0. The molecule has 142 valence electrons. The predicted molar refractivity (Wildman–Crippen MR) is 93.5 cm³/mol. The lowest BCUT2D eigenvalue weighted by molar-refractivity contribution is -0.128. The average Bonchev–Trinajstić information content (AvgIpc) is 2.91. The Balaban J connectivity index is 1.92. The molecule has 0 aliphatic carbocycles. The highest BCUT2D eigenvalue weighted by Crippen LogP contribution is 2.18. The van der Waals surface area contributed by atoms with Crippen LogP contribution in [0.25, 0.3) is 0 Å². The van der Waals surface area contributed by atoms with Crippen molar-refractivity contribution in [2.24, 2.45) is 0 Å². The summed E-state index contributed by atoms with van der Waals surface area (Å²) >= 11 is 0. The quantitative estimate of drug-likeness (QED) is 0.750. The zero-order valence-electron chi connectivity index (χ0n) is 15.0. The van der Waals surface area contributed by atoms with Crippen molar-refractivity contribution in [1.82, 2.24) is 14.8 Å². The van der Waals surface area contributed by atoms with Crippen LogP contribution in [-0.4, -0.2) is 44.0 Å². The molecule has 1 amide bonds. The molecule has 1 aromatic carbocycles. The molecule has 1 aromatic heterocycles. The van der Waals surface area contributed by atoms with Gasteiger partial charge in [0.25, 0.3) is 0 Å². The largest absolute Gasteiger partial charge is 0.360 e. The van der Waals surface area contributed by atoms with Gasteiger partial charge in [-0.25, -0.2) is 17.5 Å². The number of benzene rings is 1. The molecule has 1 heterocycles. The first-order valence-electron chi connectivity index (χ1n) is 8.13. The number of rotatable bonds is 8. The maximum Gasteiger partial charge on any atom is 0.246 e. The number of carbonyl (C=O) groups excluding carboxylic acids is 1. The van der Waals surface area contributed by atoms with E-state index in [1.165, 1.54) is 26.0 Å². The Morgan fingerprint density at radius 1 is 1.23 bits per heavy atom. The number of hydrogen-bond donors (Lipinski definition) is 1. The third-order valence-corrected chi connectivity index (χ3v) is 5.64. The molecule has 2 rings (SSSR count).